The third-order valence-corrected chi connectivity index (χ3v) is 2.74. The van der Waals surface area contributed by atoms with E-state index in [9.17, 15) is 0 Å². The molecule has 0 radical (unpaired) electrons. The van der Waals surface area contributed by atoms with Crippen LogP contribution in [0.15, 0.2) is 23.0 Å². The predicted octanol–water partition coefficient (Wildman–Crippen LogP) is 2.30. The standard InChI is InChI=1S/C13H20N4O/c1-4-12-7-15-13(18-12)8-14-5-11-6-16-17(9-11)10(2)3/h6-7,9-10,14H,4-5,8H2,1-3H3. The predicted molar refractivity (Wildman–Crippen MR) is 69.0 cm³/mol. The van der Waals surface area contributed by atoms with Gasteiger partial charge in [-0.05, 0) is 13.8 Å². The normalized spacial score (nSPS) is 11.3. The van der Waals surface area contributed by atoms with Crippen LogP contribution >= 0.6 is 0 Å². The van der Waals surface area contributed by atoms with Gasteiger partial charge in [-0.15, -0.1) is 0 Å². The van der Waals surface area contributed by atoms with Crippen LogP contribution < -0.4 is 5.32 Å². The smallest absolute Gasteiger partial charge is 0.208 e. The van der Waals surface area contributed by atoms with Gasteiger partial charge in [0.25, 0.3) is 0 Å². The molecule has 2 heterocycles. The van der Waals surface area contributed by atoms with Crippen molar-refractivity contribution in [2.45, 2.75) is 46.3 Å². The summed E-state index contributed by atoms with van der Waals surface area (Å²) in [6.45, 7) is 7.70. The Morgan fingerprint density at radius 3 is 2.78 bits per heavy atom. The second-order valence-electron chi connectivity index (χ2n) is 4.60. The highest BCUT2D eigenvalue weighted by atomic mass is 16.4. The largest absolute Gasteiger partial charge is 0.444 e. The van der Waals surface area contributed by atoms with E-state index in [1.54, 1.807) is 6.20 Å². The molecule has 0 unspecified atom stereocenters. The molecule has 1 N–H and O–H groups in total. The van der Waals surface area contributed by atoms with E-state index in [-0.39, 0.29) is 0 Å². The summed E-state index contributed by atoms with van der Waals surface area (Å²) in [4.78, 5) is 4.20. The van der Waals surface area contributed by atoms with Crippen LogP contribution in [-0.4, -0.2) is 14.8 Å². The highest BCUT2D eigenvalue weighted by molar-refractivity contribution is 5.04. The summed E-state index contributed by atoms with van der Waals surface area (Å²) >= 11 is 0. The summed E-state index contributed by atoms with van der Waals surface area (Å²) in [5.74, 6) is 1.67. The quantitative estimate of drug-likeness (QED) is 0.852. The van der Waals surface area contributed by atoms with Crippen molar-refractivity contribution in [3.05, 3.63) is 35.8 Å². The minimum absolute atomic E-state index is 0.401. The first-order valence-corrected chi connectivity index (χ1v) is 6.36. The van der Waals surface area contributed by atoms with E-state index in [0.29, 0.717) is 12.6 Å². The molecule has 2 aromatic heterocycles. The number of nitrogens with one attached hydrogen (secondary N) is 1. The number of rotatable bonds is 6. The van der Waals surface area contributed by atoms with E-state index < -0.39 is 0 Å². The Morgan fingerprint density at radius 2 is 2.17 bits per heavy atom. The van der Waals surface area contributed by atoms with Gasteiger partial charge in [0, 0.05) is 30.8 Å². The van der Waals surface area contributed by atoms with Crippen molar-refractivity contribution in [1.29, 1.82) is 0 Å². The van der Waals surface area contributed by atoms with Crippen molar-refractivity contribution in [2.24, 2.45) is 0 Å². The van der Waals surface area contributed by atoms with Gasteiger partial charge in [-0.25, -0.2) is 4.98 Å². The van der Waals surface area contributed by atoms with Crippen molar-refractivity contribution in [3.8, 4) is 0 Å². The molecule has 0 amide bonds. The van der Waals surface area contributed by atoms with Crippen LogP contribution in [0.25, 0.3) is 0 Å². The van der Waals surface area contributed by atoms with Gasteiger partial charge in [-0.3, -0.25) is 4.68 Å². The van der Waals surface area contributed by atoms with Crippen LogP contribution in [0, 0.1) is 0 Å². The minimum atomic E-state index is 0.401. The lowest BCUT2D eigenvalue weighted by Gasteiger charge is -2.03. The molecule has 0 aliphatic rings. The van der Waals surface area contributed by atoms with Crippen molar-refractivity contribution in [1.82, 2.24) is 20.1 Å². The van der Waals surface area contributed by atoms with Crippen LogP contribution in [0.5, 0.6) is 0 Å². The van der Waals surface area contributed by atoms with Crippen molar-refractivity contribution < 1.29 is 4.42 Å². The van der Waals surface area contributed by atoms with Crippen LogP contribution in [-0.2, 0) is 19.5 Å². The lowest BCUT2D eigenvalue weighted by Crippen LogP contribution is -2.12. The fourth-order valence-corrected chi connectivity index (χ4v) is 1.66. The molecule has 5 nitrogen and oxygen atoms in total. The third kappa shape index (κ3) is 3.20. The molecule has 5 heteroatoms. The van der Waals surface area contributed by atoms with E-state index in [4.69, 9.17) is 4.42 Å². The highest BCUT2D eigenvalue weighted by Crippen LogP contribution is 2.06. The zero-order chi connectivity index (χ0) is 13.0. The SMILES string of the molecule is CCc1cnc(CNCc2cnn(C(C)C)c2)o1. The average Bonchev–Trinajstić information content (AvgIpc) is 2.97. The molecule has 98 valence electrons. The molecule has 0 bridgehead atoms. The third-order valence-electron chi connectivity index (χ3n) is 2.74. The van der Waals surface area contributed by atoms with E-state index in [0.717, 1.165) is 24.6 Å². The van der Waals surface area contributed by atoms with E-state index in [2.05, 4.69) is 42.4 Å². The Kier molecular flexibility index (Phi) is 4.15. The van der Waals surface area contributed by atoms with Gasteiger partial charge in [0.2, 0.25) is 5.89 Å². The summed E-state index contributed by atoms with van der Waals surface area (Å²) in [6.07, 6.45) is 6.62. The lowest BCUT2D eigenvalue weighted by molar-refractivity contribution is 0.439. The van der Waals surface area contributed by atoms with Gasteiger partial charge in [0.15, 0.2) is 0 Å². The monoisotopic (exact) mass is 248 g/mol. The second-order valence-corrected chi connectivity index (χ2v) is 4.60. The molecule has 2 rings (SSSR count). The molecule has 0 aliphatic heterocycles. The molecule has 0 spiro atoms. The maximum atomic E-state index is 5.52. The van der Waals surface area contributed by atoms with Crippen molar-refractivity contribution in [2.75, 3.05) is 0 Å². The Morgan fingerprint density at radius 1 is 1.33 bits per heavy atom. The Balaban J connectivity index is 1.80. The number of aromatic nitrogens is 3. The molecular weight excluding hydrogens is 228 g/mol. The van der Waals surface area contributed by atoms with Gasteiger partial charge in [0.05, 0.1) is 18.9 Å². The van der Waals surface area contributed by atoms with E-state index >= 15 is 0 Å². The number of nitrogens with zero attached hydrogens (tertiary/aromatic N) is 3. The molecular formula is C13H20N4O. The van der Waals surface area contributed by atoms with Crippen molar-refractivity contribution in [3.63, 3.8) is 0 Å². The average molecular weight is 248 g/mol. The molecule has 0 saturated carbocycles. The number of hydrogen-bond donors (Lipinski definition) is 1. The van der Waals surface area contributed by atoms with Crippen LogP contribution in [0.2, 0.25) is 0 Å². The molecule has 0 atom stereocenters. The summed E-state index contributed by atoms with van der Waals surface area (Å²) in [7, 11) is 0. The zero-order valence-electron chi connectivity index (χ0n) is 11.2. The molecule has 0 aromatic carbocycles. The minimum Gasteiger partial charge on any atom is -0.444 e. The van der Waals surface area contributed by atoms with E-state index in [1.165, 1.54) is 5.56 Å². The maximum Gasteiger partial charge on any atom is 0.208 e. The Hall–Kier alpha value is -1.62. The molecule has 18 heavy (non-hydrogen) atoms. The van der Waals surface area contributed by atoms with Gasteiger partial charge < -0.3 is 9.73 Å². The molecule has 0 fully saturated rings. The molecule has 0 aliphatic carbocycles. The summed E-state index contributed by atoms with van der Waals surface area (Å²) in [5.41, 5.74) is 1.17. The zero-order valence-corrected chi connectivity index (χ0v) is 11.2. The number of oxazole rings is 1. The maximum absolute atomic E-state index is 5.52. The van der Waals surface area contributed by atoms with Crippen LogP contribution in [0.4, 0.5) is 0 Å². The van der Waals surface area contributed by atoms with Gasteiger partial charge in [-0.1, -0.05) is 6.92 Å². The number of hydrogen-bond acceptors (Lipinski definition) is 4. The first kappa shape index (κ1) is 12.8. The molecule has 0 saturated heterocycles. The Bertz CT molecular complexity index is 487. The molecule has 2 aromatic rings. The van der Waals surface area contributed by atoms with Gasteiger partial charge >= 0.3 is 0 Å². The van der Waals surface area contributed by atoms with Crippen LogP contribution in [0.1, 0.15) is 44.0 Å². The topological polar surface area (TPSA) is 55.9 Å². The Labute approximate surface area is 107 Å². The first-order chi connectivity index (χ1) is 8.69. The first-order valence-electron chi connectivity index (χ1n) is 6.36. The van der Waals surface area contributed by atoms with Crippen molar-refractivity contribution >= 4 is 0 Å². The summed E-state index contributed by atoms with van der Waals surface area (Å²) in [6, 6.07) is 0.401. The fourth-order valence-electron chi connectivity index (χ4n) is 1.66. The fraction of sp³-hybridized carbons (Fsp3) is 0.538. The number of aryl methyl sites for hydroxylation is 1. The summed E-state index contributed by atoms with van der Waals surface area (Å²) < 4.78 is 7.48. The van der Waals surface area contributed by atoms with Crippen LogP contribution in [0.3, 0.4) is 0 Å². The van der Waals surface area contributed by atoms with Gasteiger partial charge in [-0.2, -0.15) is 5.10 Å². The van der Waals surface area contributed by atoms with E-state index in [1.807, 2.05) is 10.9 Å². The summed E-state index contributed by atoms with van der Waals surface area (Å²) in [5, 5.41) is 7.59. The second kappa shape index (κ2) is 5.82. The van der Waals surface area contributed by atoms with Gasteiger partial charge in [0.1, 0.15) is 5.76 Å². The lowest BCUT2D eigenvalue weighted by atomic mass is 10.3. The highest BCUT2D eigenvalue weighted by Gasteiger charge is 2.04.